The summed E-state index contributed by atoms with van der Waals surface area (Å²) in [6, 6.07) is 1.97. The van der Waals surface area contributed by atoms with Crippen molar-refractivity contribution >= 4 is 5.78 Å². The minimum absolute atomic E-state index is 0.106. The molecule has 16 heavy (non-hydrogen) atoms. The molecule has 1 aliphatic carbocycles. The van der Waals surface area contributed by atoms with Gasteiger partial charge in [-0.2, -0.15) is 0 Å². The quantitative estimate of drug-likeness (QED) is 0.712. The van der Waals surface area contributed by atoms with Crippen molar-refractivity contribution in [3.63, 3.8) is 0 Å². The van der Waals surface area contributed by atoms with E-state index in [-0.39, 0.29) is 5.41 Å². The van der Waals surface area contributed by atoms with Gasteiger partial charge in [0, 0.05) is 30.4 Å². The van der Waals surface area contributed by atoms with E-state index in [9.17, 15) is 4.79 Å². The van der Waals surface area contributed by atoms with Gasteiger partial charge in [0.25, 0.3) is 0 Å². The van der Waals surface area contributed by atoms with Gasteiger partial charge in [-0.25, -0.2) is 0 Å². The van der Waals surface area contributed by atoms with E-state index < -0.39 is 0 Å². The maximum Gasteiger partial charge on any atom is 0.165 e. The summed E-state index contributed by atoms with van der Waals surface area (Å²) in [5, 5.41) is 0. The number of aryl methyl sites for hydroxylation is 1. The number of hydrogen-bond acceptors (Lipinski definition) is 1. The molecule has 0 atom stereocenters. The van der Waals surface area contributed by atoms with E-state index in [0.29, 0.717) is 12.2 Å². The Hall–Kier alpha value is -1.31. The van der Waals surface area contributed by atoms with Crippen LogP contribution in [0.1, 0.15) is 42.7 Å². The summed E-state index contributed by atoms with van der Waals surface area (Å²) in [6.45, 7) is 9.00. The van der Waals surface area contributed by atoms with Gasteiger partial charge in [-0.15, -0.1) is 6.58 Å². The van der Waals surface area contributed by atoms with E-state index in [0.717, 1.165) is 24.9 Å². The van der Waals surface area contributed by atoms with E-state index in [1.54, 1.807) is 0 Å². The molecule has 0 aliphatic heterocycles. The summed E-state index contributed by atoms with van der Waals surface area (Å²) in [5.41, 5.74) is 2.25. The molecule has 1 heterocycles. The zero-order valence-electron chi connectivity index (χ0n) is 10.1. The van der Waals surface area contributed by atoms with Crippen LogP contribution in [-0.2, 0) is 13.0 Å². The highest BCUT2D eigenvalue weighted by Crippen LogP contribution is 2.35. The number of Topliss-reactive ketones (excluding diaryl/α,β-unsaturated/α-hetero) is 1. The molecule has 2 heteroatoms. The van der Waals surface area contributed by atoms with Gasteiger partial charge < -0.3 is 4.57 Å². The van der Waals surface area contributed by atoms with Crippen molar-refractivity contribution in [2.75, 3.05) is 0 Å². The normalized spacial score (nSPS) is 18.2. The molecule has 1 aliphatic rings. The van der Waals surface area contributed by atoms with Crippen LogP contribution < -0.4 is 0 Å². The van der Waals surface area contributed by atoms with E-state index in [4.69, 9.17) is 0 Å². The molecule has 0 fully saturated rings. The van der Waals surface area contributed by atoms with Crippen molar-refractivity contribution in [1.82, 2.24) is 4.57 Å². The highest BCUT2D eigenvalue weighted by atomic mass is 16.1. The number of fused-ring (bicyclic) bond motifs is 1. The fraction of sp³-hybridized carbons (Fsp3) is 0.500. The SMILES string of the molecule is C=CCCn1ccc2c1CC(C)(C)CC2=O. The van der Waals surface area contributed by atoms with E-state index in [1.165, 1.54) is 5.69 Å². The number of nitrogens with zero attached hydrogens (tertiary/aromatic N) is 1. The number of allylic oxidation sites excluding steroid dienone is 1. The number of carbonyl (C=O) groups is 1. The summed E-state index contributed by atoms with van der Waals surface area (Å²) < 4.78 is 2.20. The Morgan fingerprint density at radius 2 is 2.25 bits per heavy atom. The van der Waals surface area contributed by atoms with Gasteiger partial charge in [0.2, 0.25) is 0 Å². The molecular formula is C14H19NO. The number of ketones is 1. The lowest BCUT2D eigenvalue weighted by atomic mass is 9.76. The lowest BCUT2D eigenvalue weighted by Crippen LogP contribution is -2.28. The van der Waals surface area contributed by atoms with Gasteiger partial charge in [-0.3, -0.25) is 4.79 Å². The van der Waals surface area contributed by atoms with E-state index in [2.05, 4.69) is 25.0 Å². The largest absolute Gasteiger partial charge is 0.350 e. The van der Waals surface area contributed by atoms with Gasteiger partial charge in [-0.1, -0.05) is 19.9 Å². The molecule has 0 N–H and O–H groups in total. The number of carbonyl (C=O) groups excluding carboxylic acids is 1. The molecule has 1 aromatic rings. The first-order chi connectivity index (χ1) is 7.53. The third-order valence-electron chi connectivity index (χ3n) is 3.24. The molecule has 86 valence electrons. The van der Waals surface area contributed by atoms with Gasteiger partial charge in [0.05, 0.1) is 0 Å². The van der Waals surface area contributed by atoms with Crippen LogP contribution in [-0.4, -0.2) is 10.4 Å². The molecule has 0 spiro atoms. The smallest absolute Gasteiger partial charge is 0.165 e. The Morgan fingerprint density at radius 3 is 2.94 bits per heavy atom. The van der Waals surface area contributed by atoms with Crippen molar-refractivity contribution in [2.24, 2.45) is 5.41 Å². The van der Waals surface area contributed by atoms with E-state index >= 15 is 0 Å². The third kappa shape index (κ3) is 1.97. The third-order valence-corrected chi connectivity index (χ3v) is 3.24. The summed E-state index contributed by atoms with van der Waals surface area (Å²) in [5.74, 6) is 0.295. The topological polar surface area (TPSA) is 22.0 Å². The molecular weight excluding hydrogens is 198 g/mol. The Bertz CT molecular complexity index is 426. The zero-order chi connectivity index (χ0) is 11.8. The van der Waals surface area contributed by atoms with Gasteiger partial charge >= 0.3 is 0 Å². The molecule has 0 bridgehead atoms. The van der Waals surface area contributed by atoms with Crippen LogP contribution >= 0.6 is 0 Å². The fourth-order valence-corrected chi connectivity index (χ4v) is 2.44. The maximum atomic E-state index is 12.0. The number of aromatic nitrogens is 1. The summed E-state index contributed by atoms with van der Waals surface area (Å²) in [6.07, 6.45) is 6.58. The van der Waals surface area contributed by atoms with Crippen LogP contribution in [0.25, 0.3) is 0 Å². The number of hydrogen-bond donors (Lipinski definition) is 0. The monoisotopic (exact) mass is 217 g/mol. The fourth-order valence-electron chi connectivity index (χ4n) is 2.44. The van der Waals surface area contributed by atoms with Crippen LogP contribution in [0.2, 0.25) is 0 Å². The minimum atomic E-state index is 0.106. The molecule has 0 amide bonds. The molecule has 0 saturated heterocycles. The lowest BCUT2D eigenvalue weighted by Gasteiger charge is -2.29. The molecule has 2 nitrogen and oxygen atoms in total. The van der Waals surface area contributed by atoms with Crippen LogP contribution in [0.4, 0.5) is 0 Å². The van der Waals surface area contributed by atoms with Crippen molar-refractivity contribution in [3.05, 3.63) is 36.2 Å². The second-order valence-electron chi connectivity index (χ2n) is 5.39. The van der Waals surface area contributed by atoms with Crippen LogP contribution in [0.3, 0.4) is 0 Å². The minimum Gasteiger partial charge on any atom is -0.350 e. The first kappa shape index (κ1) is 11.2. The highest BCUT2D eigenvalue weighted by molar-refractivity contribution is 5.98. The van der Waals surface area contributed by atoms with Gasteiger partial charge in [0.1, 0.15) is 0 Å². The maximum absolute atomic E-state index is 12.0. The van der Waals surface area contributed by atoms with Crippen molar-refractivity contribution < 1.29 is 4.79 Å². The second kappa shape index (κ2) is 3.93. The Kier molecular flexibility index (Phi) is 2.75. The molecule has 2 rings (SSSR count). The first-order valence-corrected chi connectivity index (χ1v) is 5.85. The summed E-state index contributed by atoms with van der Waals surface area (Å²) >= 11 is 0. The first-order valence-electron chi connectivity index (χ1n) is 5.85. The molecule has 1 aromatic heterocycles. The molecule has 0 aromatic carbocycles. The van der Waals surface area contributed by atoms with Crippen LogP contribution in [0, 0.1) is 5.41 Å². The highest BCUT2D eigenvalue weighted by Gasteiger charge is 2.32. The van der Waals surface area contributed by atoms with Crippen LogP contribution in [0.15, 0.2) is 24.9 Å². The standard InChI is InChI=1S/C14H19NO/c1-4-5-7-15-8-6-11-12(15)9-14(2,3)10-13(11)16/h4,6,8H,1,5,7,9-10H2,2-3H3. The average Bonchev–Trinajstić information content (AvgIpc) is 2.56. The Balaban J connectivity index is 2.33. The lowest BCUT2D eigenvalue weighted by molar-refractivity contribution is 0.0910. The summed E-state index contributed by atoms with van der Waals surface area (Å²) in [7, 11) is 0. The summed E-state index contributed by atoms with van der Waals surface area (Å²) in [4.78, 5) is 12.0. The number of rotatable bonds is 3. The second-order valence-corrected chi connectivity index (χ2v) is 5.39. The molecule has 0 radical (unpaired) electrons. The molecule has 0 saturated carbocycles. The average molecular weight is 217 g/mol. The van der Waals surface area contributed by atoms with Gasteiger partial charge in [0.15, 0.2) is 5.78 Å². The van der Waals surface area contributed by atoms with Crippen LogP contribution in [0.5, 0.6) is 0 Å². The van der Waals surface area contributed by atoms with Crippen molar-refractivity contribution in [3.8, 4) is 0 Å². The van der Waals surface area contributed by atoms with Crippen molar-refractivity contribution in [2.45, 2.75) is 39.7 Å². The predicted molar refractivity (Wildman–Crippen MR) is 65.7 cm³/mol. The molecule has 0 unspecified atom stereocenters. The Morgan fingerprint density at radius 1 is 1.50 bits per heavy atom. The predicted octanol–water partition coefficient (Wildman–Crippen LogP) is 3.22. The van der Waals surface area contributed by atoms with Gasteiger partial charge in [-0.05, 0) is 24.3 Å². The van der Waals surface area contributed by atoms with E-state index in [1.807, 2.05) is 18.3 Å². The van der Waals surface area contributed by atoms with Crippen molar-refractivity contribution in [1.29, 1.82) is 0 Å². The zero-order valence-corrected chi connectivity index (χ0v) is 10.1. The Labute approximate surface area is 97.0 Å².